The fourth-order valence-corrected chi connectivity index (χ4v) is 13.1. The molecular weight excluding hydrogens is 1120 g/mol. The van der Waals surface area contributed by atoms with E-state index in [1.54, 1.807) is 6.08 Å². The molecule has 1 aliphatic heterocycles. The van der Waals surface area contributed by atoms with Crippen molar-refractivity contribution in [1.29, 1.82) is 0 Å². The van der Waals surface area contributed by atoms with E-state index in [0.29, 0.717) is 19.4 Å². The summed E-state index contributed by atoms with van der Waals surface area (Å²) in [4.78, 5) is 25.1. The molecule has 0 aromatic carbocycles. The molecule has 7 unspecified atom stereocenters. The Kier molecular flexibility index (Phi) is 66.0. The summed E-state index contributed by atoms with van der Waals surface area (Å²) < 4.78 is 16.7. The monoisotopic (exact) mass is 1280 g/mol. The highest BCUT2D eigenvalue weighted by Gasteiger charge is 2.44. The lowest BCUT2D eigenvalue weighted by Crippen LogP contribution is -2.60. The van der Waals surface area contributed by atoms with Crippen molar-refractivity contribution in [3.63, 3.8) is 0 Å². The van der Waals surface area contributed by atoms with Crippen molar-refractivity contribution in [2.45, 2.75) is 461 Å². The Morgan fingerprint density at radius 1 is 0.400 bits per heavy atom. The number of allylic oxidation sites excluding steroid dienone is 1. The quantitative estimate of drug-likeness (QED) is 0.0195. The van der Waals surface area contributed by atoms with Crippen molar-refractivity contribution >= 4 is 11.9 Å². The van der Waals surface area contributed by atoms with Crippen molar-refractivity contribution in [3.8, 4) is 0 Å². The number of aliphatic hydroxyl groups excluding tert-OH is 5. The Bertz CT molecular complexity index is 1500. The van der Waals surface area contributed by atoms with Crippen molar-refractivity contribution in [3.05, 3.63) is 12.2 Å². The molecule has 0 saturated carbocycles. The van der Waals surface area contributed by atoms with Gasteiger partial charge in [-0.3, -0.25) is 9.59 Å². The van der Waals surface area contributed by atoms with Gasteiger partial charge in [0, 0.05) is 12.8 Å². The fourth-order valence-electron chi connectivity index (χ4n) is 13.1. The molecule has 1 saturated heterocycles. The van der Waals surface area contributed by atoms with E-state index in [0.717, 1.165) is 51.4 Å². The zero-order valence-corrected chi connectivity index (χ0v) is 59.6. The summed E-state index contributed by atoms with van der Waals surface area (Å²) in [5.74, 6) is -0.153. The maximum Gasteiger partial charge on any atom is 0.305 e. The Labute approximate surface area is 557 Å². The van der Waals surface area contributed by atoms with Crippen LogP contribution in [0.1, 0.15) is 418 Å². The molecular formula is C79H153NO10. The minimum absolute atomic E-state index is 0.0209. The number of nitrogens with one attached hydrogen (secondary N) is 1. The lowest BCUT2D eigenvalue weighted by Gasteiger charge is -2.40. The first kappa shape index (κ1) is 86.4. The first-order valence-electron chi connectivity index (χ1n) is 40.0. The summed E-state index contributed by atoms with van der Waals surface area (Å²) in [6.45, 7) is 4.38. The predicted octanol–water partition coefficient (Wildman–Crippen LogP) is 21.4. The van der Waals surface area contributed by atoms with Crippen LogP contribution in [-0.2, 0) is 23.8 Å². The van der Waals surface area contributed by atoms with Gasteiger partial charge in [0.1, 0.15) is 24.4 Å². The van der Waals surface area contributed by atoms with E-state index in [1.807, 2.05) is 6.08 Å². The van der Waals surface area contributed by atoms with E-state index < -0.39 is 49.5 Å². The lowest BCUT2D eigenvalue weighted by molar-refractivity contribution is -0.302. The third-order valence-electron chi connectivity index (χ3n) is 19.4. The lowest BCUT2D eigenvalue weighted by atomic mass is 9.99. The molecule has 0 aromatic rings. The minimum atomic E-state index is -1.57. The summed E-state index contributed by atoms with van der Waals surface area (Å²) in [6, 6.07) is -0.803. The van der Waals surface area contributed by atoms with Crippen LogP contribution in [0.15, 0.2) is 12.2 Å². The second kappa shape index (κ2) is 68.8. The van der Waals surface area contributed by atoms with Gasteiger partial charge in [-0.25, -0.2) is 0 Å². The van der Waals surface area contributed by atoms with Gasteiger partial charge in [0.25, 0.3) is 0 Å². The predicted molar refractivity (Wildman–Crippen MR) is 380 cm³/mol. The molecule has 11 nitrogen and oxygen atoms in total. The second-order valence-corrected chi connectivity index (χ2v) is 28.1. The van der Waals surface area contributed by atoms with Crippen LogP contribution in [0.4, 0.5) is 0 Å². The van der Waals surface area contributed by atoms with Crippen LogP contribution in [0.3, 0.4) is 0 Å². The first-order valence-corrected chi connectivity index (χ1v) is 40.0. The molecule has 0 spiro atoms. The number of rotatable bonds is 72. The third-order valence-corrected chi connectivity index (χ3v) is 19.4. The van der Waals surface area contributed by atoms with Crippen LogP contribution in [0.2, 0.25) is 0 Å². The van der Waals surface area contributed by atoms with Crippen LogP contribution >= 0.6 is 0 Å². The zero-order chi connectivity index (χ0) is 65.1. The summed E-state index contributed by atoms with van der Waals surface area (Å²) >= 11 is 0. The molecule has 0 bridgehead atoms. The average Bonchev–Trinajstić information content (AvgIpc) is 3.68. The molecule has 0 aromatic heterocycles. The smallest absolute Gasteiger partial charge is 0.305 e. The van der Waals surface area contributed by atoms with Crippen molar-refractivity contribution in [2.24, 2.45) is 0 Å². The number of unbranched alkanes of at least 4 members (excludes halogenated alkanes) is 58. The van der Waals surface area contributed by atoms with Gasteiger partial charge >= 0.3 is 5.97 Å². The summed E-state index contributed by atoms with van der Waals surface area (Å²) in [5, 5.41) is 54.4. The Hall–Kier alpha value is -1.60. The number of esters is 1. The zero-order valence-electron chi connectivity index (χ0n) is 59.6. The number of hydrogen-bond donors (Lipinski definition) is 6. The van der Waals surface area contributed by atoms with E-state index in [-0.39, 0.29) is 18.5 Å². The number of amides is 1. The van der Waals surface area contributed by atoms with Gasteiger partial charge in [0.05, 0.1) is 32.0 Å². The molecule has 1 aliphatic rings. The summed E-state index contributed by atoms with van der Waals surface area (Å²) in [7, 11) is 0. The Morgan fingerprint density at radius 2 is 0.700 bits per heavy atom. The Balaban J connectivity index is 1.84. The SMILES string of the molecule is CCCCCCCCCC/C=C/C(O)C(COC1OC(CO)C(O)C(O)C1O)NC(=O)CCCCCCCCCCCCCCCCCCCCCCCCCCCCCCCCCCCCCCCCCOC(=O)CCCCCCCCCCCCCCC. The molecule has 90 heavy (non-hydrogen) atoms. The molecule has 1 fully saturated rings. The van der Waals surface area contributed by atoms with Gasteiger partial charge in [-0.2, -0.15) is 0 Å². The van der Waals surface area contributed by atoms with Gasteiger partial charge in [-0.15, -0.1) is 0 Å². The number of carbonyl (C=O) groups excluding carboxylic acids is 2. The molecule has 0 aliphatic carbocycles. The van der Waals surface area contributed by atoms with Crippen LogP contribution in [0.5, 0.6) is 0 Å². The number of hydrogen-bond acceptors (Lipinski definition) is 10. The summed E-state index contributed by atoms with van der Waals surface area (Å²) in [6.07, 6.45) is 77.0. The normalized spacial score (nSPS) is 17.6. The van der Waals surface area contributed by atoms with Gasteiger partial charge in [-0.1, -0.05) is 386 Å². The highest BCUT2D eigenvalue weighted by atomic mass is 16.7. The summed E-state index contributed by atoms with van der Waals surface area (Å²) in [5.41, 5.74) is 0. The Morgan fingerprint density at radius 3 is 1.03 bits per heavy atom. The molecule has 1 heterocycles. The van der Waals surface area contributed by atoms with Gasteiger partial charge in [0.2, 0.25) is 5.91 Å². The topological polar surface area (TPSA) is 175 Å². The van der Waals surface area contributed by atoms with Crippen LogP contribution in [-0.4, -0.2) is 100 Å². The van der Waals surface area contributed by atoms with Crippen molar-refractivity contribution < 1.29 is 49.3 Å². The number of ether oxygens (including phenoxy) is 3. The molecule has 7 atom stereocenters. The number of carbonyl (C=O) groups is 2. The highest BCUT2D eigenvalue weighted by Crippen LogP contribution is 2.24. The maximum atomic E-state index is 13.0. The molecule has 0 radical (unpaired) electrons. The van der Waals surface area contributed by atoms with E-state index >= 15 is 0 Å². The standard InChI is InChI=1S/C79H153NO10/c1-3-5-7-9-11-13-15-43-47-51-55-59-63-67-75(84)88-68-64-60-56-52-48-45-42-40-38-36-34-32-30-28-26-24-22-20-18-16-17-19-21-23-25-27-29-31-33-35-37-39-41-44-46-50-54-58-62-66-74(83)80-71(70-89-79-78(87)77(86)76(85)73(69-81)90-79)72(82)65-61-57-53-49-14-12-10-8-6-4-2/h61,65,71-73,76-79,81-82,85-87H,3-60,62-64,66-70H2,1-2H3,(H,80,83)/b65-61+. The van der Waals surface area contributed by atoms with E-state index in [2.05, 4.69) is 19.2 Å². The second-order valence-electron chi connectivity index (χ2n) is 28.1. The molecule has 6 N–H and O–H groups in total. The van der Waals surface area contributed by atoms with E-state index in [1.165, 1.54) is 340 Å². The molecule has 1 rings (SSSR count). The highest BCUT2D eigenvalue weighted by molar-refractivity contribution is 5.76. The largest absolute Gasteiger partial charge is 0.466 e. The van der Waals surface area contributed by atoms with Crippen molar-refractivity contribution in [2.75, 3.05) is 19.8 Å². The third kappa shape index (κ3) is 56.7. The van der Waals surface area contributed by atoms with Gasteiger partial charge in [0.15, 0.2) is 6.29 Å². The van der Waals surface area contributed by atoms with Crippen LogP contribution in [0, 0.1) is 0 Å². The van der Waals surface area contributed by atoms with E-state index in [9.17, 15) is 35.1 Å². The minimum Gasteiger partial charge on any atom is -0.466 e. The van der Waals surface area contributed by atoms with Crippen LogP contribution < -0.4 is 5.32 Å². The average molecular weight is 1280 g/mol. The molecule has 534 valence electrons. The maximum absolute atomic E-state index is 13.0. The first-order chi connectivity index (χ1) is 44.2. The van der Waals surface area contributed by atoms with Gasteiger partial charge in [-0.05, 0) is 32.1 Å². The van der Waals surface area contributed by atoms with E-state index in [4.69, 9.17) is 14.2 Å². The van der Waals surface area contributed by atoms with Crippen LogP contribution in [0.25, 0.3) is 0 Å². The molecule has 1 amide bonds. The van der Waals surface area contributed by atoms with Crippen molar-refractivity contribution in [1.82, 2.24) is 5.32 Å². The fraction of sp³-hybridized carbons (Fsp3) is 0.949. The van der Waals surface area contributed by atoms with Gasteiger partial charge < -0.3 is 45.1 Å². The number of aliphatic hydroxyl groups is 5. The molecule has 11 heteroatoms.